The predicted octanol–water partition coefficient (Wildman–Crippen LogP) is 4.32. The van der Waals surface area contributed by atoms with Gasteiger partial charge in [0.05, 0.1) is 17.9 Å². The summed E-state index contributed by atoms with van der Waals surface area (Å²) in [5, 5.41) is 20.7. The zero-order chi connectivity index (χ0) is 27.2. The van der Waals surface area contributed by atoms with E-state index in [0.29, 0.717) is 29.7 Å². The number of nitrogens with zero attached hydrogens (tertiary/aromatic N) is 2. The molecule has 0 spiro atoms. The fourth-order valence-corrected chi connectivity index (χ4v) is 9.92. The molecule has 1 heterocycles. The van der Waals surface area contributed by atoms with Crippen LogP contribution in [0.25, 0.3) is 0 Å². The fraction of sp³-hybridized carbons (Fsp3) is 0.900. The number of oxime groups is 1. The van der Waals surface area contributed by atoms with Gasteiger partial charge in [0.15, 0.2) is 0 Å². The molecule has 8 nitrogen and oxygen atoms in total. The molecule has 1 aliphatic heterocycles. The van der Waals surface area contributed by atoms with Crippen molar-refractivity contribution in [1.82, 2.24) is 15.5 Å². The van der Waals surface area contributed by atoms with Crippen LogP contribution in [0, 0.1) is 40.4 Å². The summed E-state index contributed by atoms with van der Waals surface area (Å²) in [6.07, 6.45) is 11.7. The second-order valence-electron chi connectivity index (χ2n) is 13.8. The van der Waals surface area contributed by atoms with E-state index in [2.05, 4.69) is 29.6 Å². The van der Waals surface area contributed by atoms with Crippen LogP contribution in [0.15, 0.2) is 5.16 Å². The minimum atomic E-state index is -0.441. The number of carbonyl (C=O) groups excluding carboxylic acids is 2. The van der Waals surface area contributed by atoms with Gasteiger partial charge in [-0.15, -0.1) is 0 Å². The number of aliphatic hydroxyl groups excluding tert-OH is 1. The first-order chi connectivity index (χ1) is 18.1. The zero-order valence-corrected chi connectivity index (χ0v) is 24.2. The highest BCUT2D eigenvalue weighted by atomic mass is 16.7. The van der Waals surface area contributed by atoms with E-state index in [9.17, 15) is 14.7 Å². The van der Waals surface area contributed by atoms with Crippen molar-refractivity contribution < 1.29 is 19.5 Å². The van der Waals surface area contributed by atoms with Gasteiger partial charge in [-0.2, -0.15) is 0 Å². The highest BCUT2D eigenvalue weighted by Crippen LogP contribution is 2.67. The molecule has 5 aliphatic rings. The van der Waals surface area contributed by atoms with Gasteiger partial charge in [-0.3, -0.25) is 9.63 Å². The molecule has 3 N–H and O–H groups in total. The molecule has 5 fully saturated rings. The van der Waals surface area contributed by atoms with Crippen molar-refractivity contribution in [3.63, 3.8) is 0 Å². The van der Waals surface area contributed by atoms with E-state index in [0.717, 1.165) is 49.7 Å². The van der Waals surface area contributed by atoms with Crippen molar-refractivity contribution >= 4 is 17.7 Å². The Morgan fingerprint density at radius 1 is 1.03 bits per heavy atom. The van der Waals surface area contributed by atoms with Crippen LogP contribution in [0.1, 0.15) is 91.4 Å². The molecule has 4 aliphatic carbocycles. The molecular formula is C30H50N4O4. The largest absolute Gasteiger partial charge is 0.435 e. The van der Waals surface area contributed by atoms with E-state index in [1.165, 1.54) is 38.5 Å². The molecular weight excluding hydrogens is 480 g/mol. The third-order valence-corrected chi connectivity index (χ3v) is 12.0. The summed E-state index contributed by atoms with van der Waals surface area (Å²) < 4.78 is 0. The van der Waals surface area contributed by atoms with E-state index in [1.807, 2.05) is 6.92 Å². The van der Waals surface area contributed by atoms with Gasteiger partial charge in [-0.25, -0.2) is 4.79 Å². The van der Waals surface area contributed by atoms with Gasteiger partial charge >= 0.3 is 6.09 Å². The van der Waals surface area contributed by atoms with Crippen LogP contribution in [0.4, 0.5) is 4.79 Å². The van der Waals surface area contributed by atoms with Gasteiger partial charge in [0, 0.05) is 32.6 Å². The van der Waals surface area contributed by atoms with Crippen molar-refractivity contribution in [2.75, 3.05) is 20.6 Å². The number of nitrogens with one attached hydrogen (secondary N) is 2. The average molecular weight is 531 g/mol. The standard InChI is InChI=1S/C30H50N4O4/c1-18(33-38-28(37)34(5)17-20-7-11-26(32-20)27(36)31-4)23-9-10-24-22-8-6-19-16-21(35)12-14-29(19,2)25(22)13-15-30(23,24)3/h19-26,32,35H,6-17H2,1-5H3,(H,31,36)/b33-18+/t19-,20?,21+,22-,23+,24-,25-,26?,29-,30+/m0/s1. The van der Waals surface area contributed by atoms with E-state index in [4.69, 9.17) is 4.84 Å². The summed E-state index contributed by atoms with van der Waals surface area (Å²) in [4.78, 5) is 31.6. The molecule has 0 aromatic rings. The molecule has 0 aromatic carbocycles. The first kappa shape index (κ1) is 27.9. The normalized spacial score (nSPS) is 44.5. The van der Waals surface area contributed by atoms with Crippen LogP contribution in [0.3, 0.4) is 0 Å². The summed E-state index contributed by atoms with van der Waals surface area (Å²) in [6, 6.07) is -0.114. The minimum Gasteiger partial charge on any atom is -0.393 e. The van der Waals surface area contributed by atoms with Gasteiger partial charge < -0.3 is 20.6 Å². The van der Waals surface area contributed by atoms with Gasteiger partial charge in [0.25, 0.3) is 0 Å². The molecule has 5 rings (SSSR count). The molecule has 0 radical (unpaired) electrons. The number of fused-ring (bicyclic) bond motifs is 5. The van der Waals surface area contributed by atoms with Crippen LogP contribution in [-0.2, 0) is 9.63 Å². The first-order valence-electron chi connectivity index (χ1n) is 15.2. The van der Waals surface area contributed by atoms with Gasteiger partial charge in [0.2, 0.25) is 5.91 Å². The molecule has 0 bridgehead atoms. The number of likely N-dealkylation sites (N-methyl/N-ethyl adjacent to an activating group) is 2. The number of aliphatic hydroxyl groups is 1. The van der Waals surface area contributed by atoms with Crippen LogP contribution in [0.2, 0.25) is 0 Å². The van der Waals surface area contributed by atoms with Crippen LogP contribution in [-0.4, -0.2) is 66.5 Å². The lowest BCUT2D eigenvalue weighted by Crippen LogP contribution is -2.54. The lowest BCUT2D eigenvalue weighted by Gasteiger charge is -2.61. The maximum atomic E-state index is 12.7. The SMILES string of the molecule is CNC(=O)C1CCC(CN(C)C(=O)O/N=C(\C)[C@H]2CC[C@H]3[C@@H]4CC[C@H]5C[C@H](O)CC[C@]5(C)[C@H]4CC[C@]23C)N1. The Bertz CT molecular complexity index is 941. The maximum Gasteiger partial charge on any atom is 0.435 e. The monoisotopic (exact) mass is 530 g/mol. The van der Waals surface area contributed by atoms with Gasteiger partial charge in [-0.1, -0.05) is 19.0 Å². The third-order valence-electron chi connectivity index (χ3n) is 12.0. The number of amides is 2. The van der Waals surface area contributed by atoms with E-state index in [1.54, 1.807) is 19.0 Å². The van der Waals surface area contributed by atoms with E-state index >= 15 is 0 Å². The highest BCUT2D eigenvalue weighted by molar-refractivity contribution is 5.85. The number of rotatable bonds is 5. The van der Waals surface area contributed by atoms with Crippen molar-refractivity contribution in [2.24, 2.45) is 45.6 Å². The zero-order valence-electron chi connectivity index (χ0n) is 24.2. The highest BCUT2D eigenvalue weighted by Gasteiger charge is 2.60. The molecule has 10 atom stereocenters. The third kappa shape index (κ3) is 4.89. The fourth-order valence-electron chi connectivity index (χ4n) is 9.92. The molecule has 214 valence electrons. The topological polar surface area (TPSA) is 103 Å². The van der Waals surface area contributed by atoms with E-state index < -0.39 is 6.09 Å². The number of hydrogen-bond acceptors (Lipinski definition) is 6. The van der Waals surface area contributed by atoms with Crippen molar-refractivity contribution in [1.29, 1.82) is 0 Å². The Labute approximate surface area is 228 Å². The second-order valence-corrected chi connectivity index (χ2v) is 13.8. The summed E-state index contributed by atoms with van der Waals surface area (Å²) in [5.41, 5.74) is 1.56. The summed E-state index contributed by atoms with van der Waals surface area (Å²) >= 11 is 0. The summed E-state index contributed by atoms with van der Waals surface area (Å²) in [7, 11) is 3.38. The molecule has 4 saturated carbocycles. The van der Waals surface area contributed by atoms with Crippen molar-refractivity contribution in [3.8, 4) is 0 Å². The average Bonchev–Trinajstić information content (AvgIpc) is 3.51. The summed E-state index contributed by atoms with van der Waals surface area (Å²) in [5.74, 6) is 3.30. The molecule has 2 amide bonds. The Kier molecular flexibility index (Phi) is 7.86. The van der Waals surface area contributed by atoms with Crippen LogP contribution < -0.4 is 10.6 Å². The lowest BCUT2D eigenvalue weighted by molar-refractivity contribution is -0.123. The first-order valence-corrected chi connectivity index (χ1v) is 15.2. The van der Waals surface area contributed by atoms with E-state index in [-0.39, 0.29) is 29.5 Å². The molecule has 0 aromatic heterocycles. The van der Waals surface area contributed by atoms with Crippen LogP contribution >= 0.6 is 0 Å². The Morgan fingerprint density at radius 2 is 1.76 bits per heavy atom. The quantitative estimate of drug-likeness (QED) is 0.279. The maximum absolute atomic E-state index is 12.7. The molecule has 1 saturated heterocycles. The number of hydrogen-bond donors (Lipinski definition) is 3. The van der Waals surface area contributed by atoms with Crippen LogP contribution in [0.5, 0.6) is 0 Å². The lowest BCUT2D eigenvalue weighted by atomic mass is 9.44. The van der Waals surface area contributed by atoms with Gasteiger partial charge in [0.1, 0.15) is 0 Å². The van der Waals surface area contributed by atoms with Crippen molar-refractivity contribution in [3.05, 3.63) is 0 Å². The van der Waals surface area contributed by atoms with Crippen molar-refractivity contribution in [2.45, 2.75) is 110 Å². The Morgan fingerprint density at radius 3 is 2.53 bits per heavy atom. The minimum absolute atomic E-state index is 0.00459. The predicted molar refractivity (Wildman–Crippen MR) is 147 cm³/mol. The smallest absolute Gasteiger partial charge is 0.393 e. The second kappa shape index (κ2) is 10.7. The molecule has 2 unspecified atom stereocenters. The summed E-state index contributed by atoms with van der Waals surface area (Å²) in [6.45, 7) is 7.55. The molecule has 8 heteroatoms. The number of carbonyl (C=O) groups is 2. The Hall–Kier alpha value is -1.67. The van der Waals surface area contributed by atoms with Gasteiger partial charge in [-0.05, 0) is 112 Å². The Balaban J connectivity index is 1.18. The molecule has 38 heavy (non-hydrogen) atoms.